The fourth-order valence-corrected chi connectivity index (χ4v) is 2.23. The molecule has 0 spiro atoms. The van der Waals surface area contributed by atoms with Crippen molar-refractivity contribution in [3.8, 4) is 17.4 Å². The van der Waals surface area contributed by atoms with E-state index in [4.69, 9.17) is 14.2 Å². The van der Waals surface area contributed by atoms with E-state index in [-0.39, 0.29) is 0 Å². The average Bonchev–Trinajstić information content (AvgIpc) is 2.53. The third-order valence-corrected chi connectivity index (χ3v) is 3.39. The number of benzene rings is 1. The first-order valence-corrected chi connectivity index (χ1v) is 7.71. The summed E-state index contributed by atoms with van der Waals surface area (Å²) in [4.78, 5) is 8.28. The van der Waals surface area contributed by atoms with Crippen molar-refractivity contribution in [2.24, 2.45) is 0 Å². The van der Waals surface area contributed by atoms with Gasteiger partial charge in [0.2, 0.25) is 16.8 Å². The van der Waals surface area contributed by atoms with Gasteiger partial charge in [-0.3, -0.25) is 0 Å². The second-order valence-corrected chi connectivity index (χ2v) is 5.10. The van der Waals surface area contributed by atoms with Crippen molar-refractivity contribution in [2.75, 3.05) is 27.4 Å². The van der Waals surface area contributed by atoms with Crippen molar-refractivity contribution >= 4 is 21.8 Å². The highest BCUT2D eigenvalue weighted by atomic mass is 32.2. The van der Waals surface area contributed by atoms with E-state index in [1.807, 2.05) is 0 Å². The molecule has 0 aliphatic rings. The van der Waals surface area contributed by atoms with E-state index in [1.165, 1.54) is 6.33 Å². The first-order chi connectivity index (χ1) is 10.7. The molecule has 1 aromatic heterocycles. The van der Waals surface area contributed by atoms with Gasteiger partial charge in [-0.25, -0.2) is 23.1 Å². The number of hydrogen-bond acceptors (Lipinski definition) is 7. The Hall–Kier alpha value is -2.13. The molecule has 0 unspecified atom stereocenters. The molecule has 2 rings (SSSR count). The van der Waals surface area contributed by atoms with Gasteiger partial charge in [0, 0.05) is 12.6 Å². The first-order valence-electron chi connectivity index (χ1n) is 6.53. The lowest BCUT2D eigenvalue weighted by Gasteiger charge is -2.11. The lowest BCUT2D eigenvalue weighted by Crippen LogP contribution is -2.15. The summed E-state index contributed by atoms with van der Waals surface area (Å²) in [7, 11) is 0.524. The third-order valence-electron chi connectivity index (χ3n) is 2.90. The van der Waals surface area contributed by atoms with Crippen molar-refractivity contribution in [3.05, 3.63) is 18.5 Å². The van der Waals surface area contributed by atoms with Crippen LogP contribution in [0.4, 0.5) is 0 Å². The number of nitrogens with zero attached hydrogens (tertiary/aromatic N) is 2. The number of aromatic nitrogens is 2. The van der Waals surface area contributed by atoms with Gasteiger partial charge < -0.3 is 14.2 Å². The zero-order valence-electron chi connectivity index (χ0n) is 12.2. The normalized spacial score (nSPS) is 10.9. The van der Waals surface area contributed by atoms with Crippen molar-refractivity contribution in [1.82, 2.24) is 14.7 Å². The minimum Gasteiger partial charge on any atom is -0.493 e. The van der Waals surface area contributed by atoms with Crippen LogP contribution in [-0.4, -0.2) is 45.8 Å². The maximum absolute atomic E-state index is 10.4. The fourth-order valence-electron chi connectivity index (χ4n) is 1.89. The second kappa shape index (κ2) is 7.76. The average molecular weight is 327 g/mol. The molecule has 8 nitrogen and oxygen atoms in total. The quantitative estimate of drug-likeness (QED) is 0.539. The van der Waals surface area contributed by atoms with Gasteiger partial charge in [0.1, 0.15) is 6.33 Å². The molecule has 9 heteroatoms. The zero-order chi connectivity index (χ0) is 15.9. The highest BCUT2D eigenvalue weighted by Gasteiger charge is 2.11. The van der Waals surface area contributed by atoms with Gasteiger partial charge >= 0.3 is 0 Å². The Morgan fingerprint density at radius 2 is 1.86 bits per heavy atom. The van der Waals surface area contributed by atoms with Crippen LogP contribution in [0.3, 0.4) is 0 Å². The van der Waals surface area contributed by atoms with Gasteiger partial charge in [-0.1, -0.05) is 0 Å². The topological polar surface area (TPSA) is 99.6 Å². The molecular weight excluding hydrogens is 310 g/mol. The second-order valence-electron chi connectivity index (χ2n) is 4.27. The van der Waals surface area contributed by atoms with Gasteiger partial charge in [0.05, 0.1) is 31.7 Å². The van der Waals surface area contributed by atoms with Crippen molar-refractivity contribution in [1.29, 1.82) is 0 Å². The van der Waals surface area contributed by atoms with E-state index in [9.17, 15) is 8.42 Å². The Morgan fingerprint density at radius 1 is 1.14 bits per heavy atom. The monoisotopic (exact) mass is 327 g/mol. The van der Waals surface area contributed by atoms with E-state index in [0.29, 0.717) is 47.9 Å². The third kappa shape index (κ3) is 3.95. The summed E-state index contributed by atoms with van der Waals surface area (Å²) in [5.74, 6) is 1.54. The Balaban J connectivity index is 2.15. The van der Waals surface area contributed by atoms with E-state index >= 15 is 0 Å². The summed E-state index contributed by atoms with van der Waals surface area (Å²) in [6, 6.07) is 3.49. The minimum atomic E-state index is -2.57. The molecule has 2 aromatic rings. The fraction of sp³-hybridized carbons (Fsp3) is 0.385. The largest absolute Gasteiger partial charge is 0.493 e. The number of nitrogens with one attached hydrogen (secondary N) is 1. The highest BCUT2D eigenvalue weighted by molar-refractivity contribution is 7.70. The maximum atomic E-state index is 10.4. The van der Waals surface area contributed by atoms with Crippen LogP contribution in [0.15, 0.2) is 18.5 Å². The Labute approximate surface area is 129 Å². The summed E-state index contributed by atoms with van der Waals surface area (Å²) in [5, 5.41) is 0.697. The molecule has 120 valence electrons. The van der Waals surface area contributed by atoms with Crippen LogP contribution in [0.2, 0.25) is 0 Å². The van der Waals surface area contributed by atoms with Crippen molar-refractivity contribution in [2.45, 2.75) is 6.42 Å². The molecule has 0 saturated carbocycles. The molecule has 1 heterocycles. The van der Waals surface area contributed by atoms with E-state index in [0.717, 1.165) is 0 Å². The minimum absolute atomic E-state index is 0.318. The smallest absolute Gasteiger partial charge is 0.224 e. The first kappa shape index (κ1) is 16.2. The Bertz CT molecular complexity index is 712. The number of ether oxygens (including phenoxy) is 3. The summed E-state index contributed by atoms with van der Waals surface area (Å²) < 4.78 is 39.1. The molecule has 0 amide bonds. The number of rotatable bonds is 8. The van der Waals surface area contributed by atoms with E-state index in [1.54, 1.807) is 26.4 Å². The van der Waals surface area contributed by atoms with Gasteiger partial charge in [0.25, 0.3) is 0 Å². The summed E-state index contributed by atoms with van der Waals surface area (Å²) in [6.07, 6.45) is 1.93. The van der Waals surface area contributed by atoms with Gasteiger partial charge in [-0.15, -0.1) is 0 Å². The molecule has 0 fully saturated rings. The molecule has 0 bridgehead atoms. The number of fused-ring (bicyclic) bond motifs is 1. The Morgan fingerprint density at radius 3 is 2.55 bits per heavy atom. The molecular formula is C13H17N3O5S. The molecule has 0 atom stereocenters. The number of hydrogen-bond donors (Lipinski definition) is 2. The number of methoxy groups -OCH3 is 2. The van der Waals surface area contributed by atoms with Crippen LogP contribution in [0.5, 0.6) is 17.4 Å². The Kier molecular flexibility index (Phi) is 5.73. The number of thiol groups is 1. The SMILES string of the molecule is COc1cc2ncnc(OCCCN[SH](=O)=O)c2cc1OC. The molecule has 1 N–H and O–H groups in total. The van der Waals surface area contributed by atoms with Crippen molar-refractivity contribution < 1.29 is 22.6 Å². The van der Waals surface area contributed by atoms with Crippen LogP contribution < -0.4 is 18.9 Å². The van der Waals surface area contributed by atoms with Crippen LogP contribution >= 0.6 is 0 Å². The molecule has 0 saturated heterocycles. The summed E-state index contributed by atoms with van der Waals surface area (Å²) in [6.45, 7) is 0.648. The molecule has 1 aromatic carbocycles. The maximum Gasteiger partial charge on any atom is 0.224 e. The predicted octanol–water partition coefficient (Wildman–Crippen LogP) is 0.532. The van der Waals surface area contributed by atoms with E-state index in [2.05, 4.69) is 14.7 Å². The van der Waals surface area contributed by atoms with Crippen LogP contribution in [0.1, 0.15) is 6.42 Å². The van der Waals surface area contributed by atoms with Gasteiger partial charge in [0.15, 0.2) is 11.5 Å². The zero-order valence-corrected chi connectivity index (χ0v) is 13.1. The van der Waals surface area contributed by atoms with Crippen LogP contribution in [-0.2, 0) is 10.9 Å². The lowest BCUT2D eigenvalue weighted by molar-refractivity contribution is 0.303. The van der Waals surface area contributed by atoms with Crippen LogP contribution in [0, 0.1) is 0 Å². The van der Waals surface area contributed by atoms with Gasteiger partial charge in [-0.05, 0) is 12.5 Å². The molecule has 22 heavy (non-hydrogen) atoms. The lowest BCUT2D eigenvalue weighted by atomic mass is 10.2. The molecule has 0 aliphatic carbocycles. The van der Waals surface area contributed by atoms with Crippen molar-refractivity contribution in [3.63, 3.8) is 0 Å². The molecule has 0 radical (unpaired) electrons. The predicted molar refractivity (Wildman–Crippen MR) is 81.1 cm³/mol. The summed E-state index contributed by atoms with van der Waals surface area (Å²) in [5.41, 5.74) is 0.670. The standard InChI is InChI=1S/C13H17N3O5S/c1-19-11-6-9-10(7-12(11)20-2)14-8-15-13(9)21-5-3-4-16-22(17)18/h6-8,22H,3-5H2,1-2H3,(H,16,17,18). The van der Waals surface area contributed by atoms with E-state index < -0.39 is 10.9 Å². The highest BCUT2D eigenvalue weighted by Crippen LogP contribution is 2.34. The summed E-state index contributed by atoms with van der Waals surface area (Å²) >= 11 is 0. The molecule has 0 aliphatic heterocycles. The van der Waals surface area contributed by atoms with Gasteiger partial charge in [-0.2, -0.15) is 0 Å². The van der Waals surface area contributed by atoms with Crippen LogP contribution in [0.25, 0.3) is 10.9 Å².